The molecular formula is C22H31N3O2S. The van der Waals surface area contributed by atoms with Gasteiger partial charge in [0.1, 0.15) is 5.75 Å². The number of amides is 1. The van der Waals surface area contributed by atoms with E-state index in [2.05, 4.69) is 53.7 Å². The highest BCUT2D eigenvalue weighted by Gasteiger charge is 2.22. The van der Waals surface area contributed by atoms with Gasteiger partial charge in [0.15, 0.2) is 0 Å². The van der Waals surface area contributed by atoms with E-state index in [0.717, 1.165) is 38.5 Å². The Morgan fingerprint density at radius 3 is 2.43 bits per heavy atom. The molecule has 1 aromatic heterocycles. The van der Waals surface area contributed by atoms with Gasteiger partial charge >= 0.3 is 0 Å². The monoisotopic (exact) mass is 401 g/mol. The zero-order valence-corrected chi connectivity index (χ0v) is 17.9. The molecule has 6 heteroatoms. The molecule has 1 fully saturated rings. The molecule has 152 valence electrons. The van der Waals surface area contributed by atoms with E-state index in [1.807, 2.05) is 17.0 Å². The molecule has 1 aliphatic heterocycles. The summed E-state index contributed by atoms with van der Waals surface area (Å²) >= 11 is 1.78. The number of ether oxygens (including phenoxy) is 1. The molecular weight excluding hydrogens is 370 g/mol. The van der Waals surface area contributed by atoms with Gasteiger partial charge in [-0.25, -0.2) is 0 Å². The summed E-state index contributed by atoms with van der Waals surface area (Å²) in [5, 5.41) is 5.69. The van der Waals surface area contributed by atoms with Gasteiger partial charge < -0.3 is 19.9 Å². The van der Waals surface area contributed by atoms with Gasteiger partial charge in [-0.05, 0) is 41.6 Å². The van der Waals surface area contributed by atoms with Gasteiger partial charge in [-0.3, -0.25) is 4.79 Å². The second kappa shape index (κ2) is 9.94. The van der Waals surface area contributed by atoms with E-state index < -0.39 is 0 Å². The number of nitrogens with zero attached hydrogens (tertiary/aromatic N) is 2. The van der Waals surface area contributed by atoms with Crippen molar-refractivity contribution in [2.75, 3.05) is 44.7 Å². The third-order valence-corrected chi connectivity index (χ3v) is 6.24. The van der Waals surface area contributed by atoms with E-state index in [-0.39, 0.29) is 5.91 Å². The van der Waals surface area contributed by atoms with Crippen LogP contribution in [0.3, 0.4) is 0 Å². The lowest BCUT2D eigenvalue weighted by atomic mass is 10.0. The minimum atomic E-state index is 0.246. The molecule has 0 saturated carbocycles. The average Bonchev–Trinajstić information content (AvgIpc) is 3.25. The first-order valence-electron chi connectivity index (χ1n) is 10.0. The van der Waals surface area contributed by atoms with Crippen LogP contribution in [0, 0.1) is 5.92 Å². The summed E-state index contributed by atoms with van der Waals surface area (Å²) in [6.45, 7) is 8.46. The Bertz CT molecular complexity index is 723. The summed E-state index contributed by atoms with van der Waals surface area (Å²) in [5.74, 6) is 1.62. The van der Waals surface area contributed by atoms with Gasteiger partial charge in [0, 0.05) is 55.8 Å². The molecule has 0 aliphatic carbocycles. The molecule has 0 radical (unpaired) electrons. The minimum Gasteiger partial charge on any atom is -0.497 e. The molecule has 1 N–H and O–H groups in total. The lowest BCUT2D eigenvalue weighted by Crippen LogP contribution is -2.49. The van der Waals surface area contributed by atoms with Crippen molar-refractivity contribution in [1.82, 2.24) is 10.2 Å². The number of hydrogen-bond donors (Lipinski definition) is 1. The molecule has 1 amide bonds. The molecule has 1 atom stereocenters. The van der Waals surface area contributed by atoms with Gasteiger partial charge in [0.2, 0.25) is 5.91 Å². The third-order valence-electron chi connectivity index (χ3n) is 5.29. The van der Waals surface area contributed by atoms with Crippen molar-refractivity contribution in [3.05, 3.63) is 46.7 Å². The average molecular weight is 402 g/mol. The first-order valence-corrected chi connectivity index (χ1v) is 10.9. The summed E-state index contributed by atoms with van der Waals surface area (Å²) in [6.07, 6.45) is 0.553. The SMILES string of the molecule is COc1ccc(N2CCN(C(=O)CCN[C@@H](c3cccs3)C(C)C)CC2)cc1. The van der Waals surface area contributed by atoms with Crippen LogP contribution in [-0.4, -0.2) is 50.6 Å². The van der Waals surface area contributed by atoms with Crippen LogP contribution in [0.5, 0.6) is 5.75 Å². The number of benzene rings is 1. The van der Waals surface area contributed by atoms with Crippen LogP contribution in [0.25, 0.3) is 0 Å². The maximum absolute atomic E-state index is 12.6. The molecule has 2 heterocycles. The maximum atomic E-state index is 12.6. The molecule has 0 bridgehead atoms. The summed E-state index contributed by atoms with van der Waals surface area (Å²) in [4.78, 5) is 18.3. The van der Waals surface area contributed by atoms with Crippen LogP contribution < -0.4 is 15.0 Å². The number of methoxy groups -OCH3 is 1. The number of nitrogens with one attached hydrogen (secondary N) is 1. The van der Waals surface area contributed by atoms with E-state index in [1.54, 1.807) is 18.4 Å². The second-order valence-electron chi connectivity index (χ2n) is 7.51. The fourth-order valence-corrected chi connectivity index (χ4v) is 4.61. The third kappa shape index (κ3) is 5.26. The topological polar surface area (TPSA) is 44.8 Å². The lowest BCUT2D eigenvalue weighted by molar-refractivity contribution is -0.131. The number of rotatable bonds is 8. The van der Waals surface area contributed by atoms with Crippen LogP contribution in [0.1, 0.15) is 31.2 Å². The van der Waals surface area contributed by atoms with E-state index >= 15 is 0 Å². The van der Waals surface area contributed by atoms with Crippen LogP contribution in [0.4, 0.5) is 5.69 Å². The van der Waals surface area contributed by atoms with Crippen LogP contribution in [0.15, 0.2) is 41.8 Å². The van der Waals surface area contributed by atoms with Gasteiger partial charge in [-0.15, -0.1) is 11.3 Å². The smallest absolute Gasteiger partial charge is 0.223 e. The highest BCUT2D eigenvalue weighted by Crippen LogP contribution is 2.25. The summed E-state index contributed by atoms with van der Waals surface area (Å²) in [5.41, 5.74) is 1.19. The summed E-state index contributed by atoms with van der Waals surface area (Å²) < 4.78 is 5.22. The molecule has 5 nitrogen and oxygen atoms in total. The number of thiophene rings is 1. The zero-order chi connectivity index (χ0) is 19.9. The Balaban J connectivity index is 1.43. The Hall–Kier alpha value is -2.05. The van der Waals surface area contributed by atoms with Gasteiger partial charge in [-0.2, -0.15) is 0 Å². The molecule has 1 aliphatic rings. The fourth-order valence-electron chi connectivity index (χ4n) is 3.63. The highest BCUT2D eigenvalue weighted by atomic mass is 32.1. The summed E-state index contributed by atoms with van der Waals surface area (Å²) in [7, 11) is 1.68. The van der Waals surface area contributed by atoms with E-state index in [9.17, 15) is 4.79 Å². The Morgan fingerprint density at radius 2 is 1.86 bits per heavy atom. The largest absolute Gasteiger partial charge is 0.497 e. The lowest BCUT2D eigenvalue weighted by Gasteiger charge is -2.36. The Labute approximate surface area is 172 Å². The molecule has 1 saturated heterocycles. The molecule has 3 rings (SSSR count). The second-order valence-corrected chi connectivity index (χ2v) is 8.49. The number of anilines is 1. The van der Waals surface area contributed by atoms with E-state index in [4.69, 9.17) is 4.74 Å². The van der Waals surface area contributed by atoms with Crippen molar-refractivity contribution in [2.24, 2.45) is 5.92 Å². The molecule has 2 aromatic rings. The van der Waals surface area contributed by atoms with E-state index in [1.165, 1.54) is 10.6 Å². The first-order chi connectivity index (χ1) is 13.6. The Kier molecular flexibility index (Phi) is 7.34. The van der Waals surface area contributed by atoms with Crippen molar-refractivity contribution >= 4 is 22.9 Å². The fraction of sp³-hybridized carbons (Fsp3) is 0.500. The number of carbonyl (C=O) groups is 1. The quantitative estimate of drug-likeness (QED) is 0.731. The van der Waals surface area contributed by atoms with Crippen molar-refractivity contribution in [1.29, 1.82) is 0 Å². The minimum absolute atomic E-state index is 0.246. The Morgan fingerprint density at radius 1 is 1.14 bits per heavy atom. The number of carbonyl (C=O) groups excluding carboxylic acids is 1. The summed E-state index contributed by atoms with van der Waals surface area (Å²) in [6, 6.07) is 12.7. The normalized spacial score (nSPS) is 15.7. The van der Waals surface area contributed by atoms with Crippen LogP contribution >= 0.6 is 11.3 Å². The van der Waals surface area contributed by atoms with Gasteiger partial charge in [0.05, 0.1) is 7.11 Å². The zero-order valence-electron chi connectivity index (χ0n) is 17.1. The van der Waals surface area contributed by atoms with Gasteiger partial charge in [0.25, 0.3) is 0 Å². The molecule has 1 aromatic carbocycles. The maximum Gasteiger partial charge on any atom is 0.223 e. The highest BCUT2D eigenvalue weighted by molar-refractivity contribution is 7.10. The van der Waals surface area contributed by atoms with Gasteiger partial charge in [-0.1, -0.05) is 19.9 Å². The van der Waals surface area contributed by atoms with Crippen molar-refractivity contribution in [2.45, 2.75) is 26.3 Å². The predicted octanol–water partition coefficient (Wildman–Crippen LogP) is 3.78. The molecule has 0 spiro atoms. The molecule has 28 heavy (non-hydrogen) atoms. The van der Waals surface area contributed by atoms with Crippen molar-refractivity contribution in [3.63, 3.8) is 0 Å². The predicted molar refractivity (Wildman–Crippen MR) is 116 cm³/mol. The van der Waals surface area contributed by atoms with Crippen molar-refractivity contribution < 1.29 is 9.53 Å². The first kappa shape index (κ1) is 20.7. The number of piperazine rings is 1. The molecule has 0 unspecified atom stereocenters. The van der Waals surface area contributed by atoms with Crippen LogP contribution in [0.2, 0.25) is 0 Å². The van der Waals surface area contributed by atoms with E-state index in [0.29, 0.717) is 18.4 Å². The van der Waals surface area contributed by atoms with Crippen molar-refractivity contribution in [3.8, 4) is 5.75 Å². The van der Waals surface area contributed by atoms with Crippen LogP contribution in [-0.2, 0) is 4.79 Å². The standard InChI is InChI=1S/C22H31N3O2S/c1-17(2)22(20-5-4-16-28-20)23-11-10-21(26)25-14-12-24(13-15-25)18-6-8-19(27-3)9-7-18/h4-9,16-17,22-23H,10-15H2,1-3H3/t22-/m1/s1. The number of hydrogen-bond acceptors (Lipinski definition) is 5.